The average Bonchev–Trinajstić information content (AvgIpc) is 2.48. The lowest BCUT2D eigenvalue weighted by molar-refractivity contribution is -0.139. The third-order valence-electron chi connectivity index (χ3n) is 4.08. The van der Waals surface area contributed by atoms with Gasteiger partial charge in [-0.3, -0.25) is 0 Å². The van der Waals surface area contributed by atoms with E-state index >= 15 is 0 Å². The number of hydrogen-bond acceptors (Lipinski definition) is 2. The predicted molar refractivity (Wildman–Crippen MR) is 79.9 cm³/mol. The smallest absolute Gasteiger partial charge is 0.330 e. The van der Waals surface area contributed by atoms with Gasteiger partial charge in [0.25, 0.3) is 0 Å². The maximum atomic E-state index is 12.1. The largest absolute Gasteiger partial charge is 0.479 e. The number of nitrogens with one attached hydrogen (secondary N) is 2. The van der Waals surface area contributed by atoms with Crippen LogP contribution in [-0.4, -0.2) is 23.1 Å². The molecule has 1 aromatic carbocycles. The molecule has 2 unspecified atom stereocenters. The fourth-order valence-corrected chi connectivity index (χ4v) is 2.80. The Hall–Kier alpha value is -2.04. The molecule has 2 rings (SSSR count). The number of hydrogen-bond donors (Lipinski definition) is 3. The molecule has 2 amide bonds. The summed E-state index contributed by atoms with van der Waals surface area (Å²) in [5, 5.41) is 14.8. The minimum Gasteiger partial charge on any atom is -0.479 e. The Kier molecular flexibility index (Phi) is 5.20. The second-order valence-electron chi connectivity index (χ2n) is 5.67. The Bertz CT molecular complexity index is 490. The van der Waals surface area contributed by atoms with Crippen molar-refractivity contribution in [3.63, 3.8) is 0 Å². The van der Waals surface area contributed by atoms with Gasteiger partial charge < -0.3 is 15.7 Å². The molecule has 0 heterocycles. The van der Waals surface area contributed by atoms with Crippen molar-refractivity contribution < 1.29 is 14.7 Å². The molecule has 1 aliphatic rings. The highest BCUT2D eigenvalue weighted by Crippen LogP contribution is 2.23. The molecule has 5 heteroatoms. The summed E-state index contributed by atoms with van der Waals surface area (Å²) < 4.78 is 0. The molecule has 114 valence electrons. The van der Waals surface area contributed by atoms with E-state index < -0.39 is 18.0 Å². The third kappa shape index (κ3) is 4.21. The summed E-state index contributed by atoms with van der Waals surface area (Å²) in [6.07, 6.45) is 4.36. The third-order valence-corrected chi connectivity index (χ3v) is 4.08. The molecule has 3 atom stereocenters. The number of rotatable bonds is 4. The molecular weight excluding hydrogens is 268 g/mol. The van der Waals surface area contributed by atoms with Crippen LogP contribution in [0.15, 0.2) is 30.3 Å². The lowest BCUT2D eigenvalue weighted by Crippen LogP contribution is -2.48. The average molecular weight is 290 g/mol. The highest BCUT2D eigenvalue weighted by molar-refractivity contribution is 5.83. The second-order valence-corrected chi connectivity index (χ2v) is 5.67. The number of amides is 2. The van der Waals surface area contributed by atoms with Crippen molar-refractivity contribution in [3.8, 4) is 0 Å². The van der Waals surface area contributed by atoms with Crippen molar-refractivity contribution >= 4 is 12.0 Å². The summed E-state index contributed by atoms with van der Waals surface area (Å²) in [5.74, 6) is -0.627. The molecular formula is C16H22N2O3. The molecule has 0 spiro atoms. The number of urea groups is 1. The number of benzene rings is 1. The van der Waals surface area contributed by atoms with Gasteiger partial charge in [-0.25, -0.2) is 9.59 Å². The minimum atomic E-state index is -1.06. The Morgan fingerprint density at radius 2 is 1.86 bits per heavy atom. The van der Waals surface area contributed by atoms with Crippen LogP contribution in [0.2, 0.25) is 0 Å². The Labute approximate surface area is 124 Å². The molecule has 0 bridgehead atoms. The summed E-state index contributed by atoms with van der Waals surface area (Å²) in [6, 6.07) is 7.41. The van der Waals surface area contributed by atoms with E-state index in [1.54, 1.807) is 24.3 Å². The molecule has 0 aliphatic heterocycles. The monoisotopic (exact) mass is 290 g/mol. The molecule has 0 radical (unpaired) electrons. The van der Waals surface area contributed by atoms with E-state index in [0.717, 1.165) is 19.3 Å². The van der Waals surface area contributed by atoms with E-state index in [2.05, 4.69) is 17.6 Å². The molecule has 1 fully saturated rings. The van der Waals surface area contributed by atoms with Gasteiger partial charge in [0.15, 0.2) is 6.04 Å². The van der Waals surface area contributed by atoms with Crippen LogP contribution in [0, 0.1) is 5.92 Å². The summed E-state index contributed by atoms with van der Waals surface area (Å²) >= 11 is 0. The van der Waals surface area contributed by atoms with Crippen LogP contribution >= 0.6 is 0 Å². The Morgan fingerprint density at radius 1 is 1.19 bits per heavy atom. The number of carbonyl (C=O) groups is 2. The standard InChI is InChI=1S/C16H22N2O3/c1-11-7-5-6-10-13(11)17-16(21)18-14(15(19)20)12-8-3-2-4-9-12/h2-4,8-9,11,13-14H,5-7,10H2,1H3,(H,19,20)(H2,17,18,21)/t11?,13?,14-/m0/s1. The van der Waals surface area contributed by atoms with Gasteiger partial charge in [-0.2, -0.15) is 0 Å². The lowest BCUT2D eigenvalue weighted by atomic mass is 9.86. The highest BCUT2D eigenvalue weighted by Gasteiger charge is 2.26. The van der Waals surface area contributed by atoms with Gasteiger partial charge >= 0.3 is 12.0 Å². The molecule has 3 N–H and O–H groups in total. The van der Waals surface area contributed by atoms with E-state index in [4.69, 9.17) is 0 Å². The molecule has 0 aromatic heterocycles. The molecule has 21 heavy (non-hydrogen) atoms. The maximum Gasteiger partial charge on any atom is 0.330 e. The topological polar surface area (TPSA) is 78.4 Å². The highest BCUT2D eigenvalue weighted by atomic mass is 16.4. The first kappa shape index (κ1) is 15.4. The zero-order valence-electron chi connectivity index (χ0n) is 12.2. The molecule has 5 nitrogen and oxygen atoms in total. The first-order valence-corrected chi connectivity index (χ1v) is 7.42. The normalized spacial score (nSPS) is 23.1. The van der Waals surface area contributed by atoms with Crippen molar-refractivity contribution in [2.75, 3.05) is 0 Å². The van der Waals surface area contributed by atoms with Crippen LogP contribution in [0.5, 0.6) is 0 Å². The zero-order valence-corrected chi connectivity index (χ0v) is 12.2. The van der Waals surface area contributed by atoms with Crippen LogP contribution < -0.4 is 10.6 Å². The lowest BCUT2D eigenvalue weighted by Gasteiger charge is -2.30. The number of aliphatic carboxylic acids is 1. The van der Waals surface area contributed by atoms with E-state index in [1.807, 2.05) is 6.07 Å². The van der Waals surface area contributed by atoms with Gasteiger partial charge in [0, 0.05) is 6.04 Å². The van der Waals surface area contributed by atoms with Crippen molar-refractivity contribution in [1.29, 1.82) is 0 Å². The zero-order chi connectivity index (χ0) is 15.2. The molecule has 0 saturated heterocycles. The molecule has 1 aliphatic carbocycles. The summed E-state index contributed by atoms with van der Waals surface area (Å²) in [6.45, 7) is 2.12. The Balaban J connectivity index is 1.97. The fourth-order valence-electron chi connectivity index (χ4n) is 2.80. The van der Waals surface area contributed by atoms with Crippen LogP contribution in [0.4, 0.5) is 4.79 Å². The van der Waals surface area contributed by atoms with Crippen LogP contribution in [0.1, 0.15) is 44.2 Å². The van der Waals surface area contributed by atoms with Crippen molar-refractivity contribution in [3.05, 3.63) is 35.9 Å². The van der Waals surface area contributed by atoms with Crippen LogP contribution in [-0.2, 0) is 4.79 Å². The quantitative estimate of drug-likeness (QED) is 0.797. The van der Waals surface area contributed by atoms with Gasteiger partial charge in [0.05, 0.1) is 0 Å². The van der Waals surface area contributed by atoms with E-state index in [-0.39, 0.29) is 6.04 Å². The van der Waals surface area contributed by atoms with Crippen LogP contribution in [0.25, 0.3) is 0 Å². The van der Waals surface area contributed by atoms with Gasteiger partial charge in [-0.05, 0) is 24.3 Å². The summed E-state index contributed by atoms with van der Waals surface area (Å²) in [4.78, 5) is 23.4. The predicted octanol–water partition coefficient (Wildman–Crippen LogP) is 2.69. The first-order valence-electron chi connectivity index (χ1n) is 7.42. The van der Waals surface area contributed by atoms with Gasteiger partial charge in [-0.15, -0.1) is 0 Å². The van der Waals surface area contributed by atoms with Crippen LogP contribution in [0.3, 0.4) is 0 Å². The van der Waals surface area contributed by atoms with E-state index in [1.165, 1.54) is 6.42 Å². The maximum absolute atomic E-state index is 12.1. The summed E-state index contributed by atoms with van der Waals surface area (Å²) in [5.41, 5.74) is 0.567. The fraction of sp³-hybridized carbons (Fsp3) is 0.500. The minimum absolute atomic E-state index is 0.129. The van der Waals surface area contributed by atoms with E-state index in [0.29, 0.717) is 11.5 Å². The van der Waals surface area contributed by atoms with Crippen molar-refractivity contribution in [2.45, 2.75) is 44.7 Å². The van der Waals surface area contributed by atoms with Crippen molar-refractivity contribution in [2.24, 2.45) is 5.92 Å². The Morgan fingerprint density at radius 3 is 2.48 bits per heavy atom. The molecule has 1 aromatic rings. The van der Waals surface area contributed by atoms with Gasteiger partial charge in [0.1, 0.15) is 0 Å². The van der Waals surface area contributed by atoms with E-state index in [9.17, 15) is 14.7 Å². The first-order chi connectivity index (χ1) is 10.1. The number of carboxylic acids is 1. The van der Waals surface area contributed by atoms with Crippen molar-refractivity contribution in [1.82, 2.24) is 10.6 Å². The second kappa shape index (κ2) is 7.11. The number of carboxylic acid groups (broad SMARTS) is 1. The molecule has 1 saturated carbocycles. The summed E-state index contributed by atoms with van der Waals surface area (Å²) in [7, 11) is 0. The number of carbonyl (C=O) groups excluding carboxylic acids is 1. The SMILES string of the molecule is CC1CCCCC1NC(=O)N[C@H](C(=O)O)c1ccccc1. The van der Waals surface area contributed by atoms with Gasteiger partial charge in [0.2, 0.25) is 0 Å². The van der Waals surface area contributed by atoms with Gasteiger partial charge in [-0.1, -0.05) is 50.1 Å².